The van der Waals surface area contributed by atoms with E-state index in [0.717, 1.165) is 5.56 Å². The first-order valence-electron chi connectivity index (χ1n) is 7.40. The summed E-state index contributed by atoms with van der Waals surface area (Å²) >= 11 is 0. The fourth-order valence-electron chi connectivity index (χ4n) is 2.17. The van der Waals surface area contributed by atoms with E-state index >= 15 is 0 Å². The molecular formula is C17H19FN2O3. The molecule has 0 unspecified atom stereocenters. The Morgan fingerprint density at radius 2 is 1.91 bits per heavy atom. The predicted molar refractivity (Wildman–Crippen MR) is 83.2 cm³/mol. The van der Waals surface area contributed by atoms with Gasteiger partial charge in [0.25, 0.3) is 5.91 Å². The summed E-state index contributed by atoms with van der Waals surface area (Å²) in [5, 5.41) is 2.64. The van der Waals surface area contributed by atoms with Gasteiger partial charge >= 0.3 is 0 Å². The Morgan fingerprint density at radius 3 is 2.48 bits per heavy atom. The third-order valence-electron chi connectivity index (χ3n) is 3.54. The highest BCUT2D eigenvalue weighted by Crippen LogP contribution is 2.11. The molecule has 0 saturated heterocycles. The molecule has 0 aliphatic heterocycles. The van der Waals surface area contributed by atoms with Crippen LogP contribution in [-0.4, -0.2) is 18.4 Å². The quantitative estimate of drug-likeness (QED) is 0.819. The highest BCUT2D eigenvalue weighted by molar-refractivity contribution is 5.91. The number of halogens is 1. The van der Waals surface area contributed by atoms with E-state index in [-0.39, 0.29) is 18.1 Å². The second kappa shape index (κ2) is 7.58. The van der Waals surface area contributed by atoms with Crippen LogP contribution in [0, 0.1) is 11.7 Å². The van der Waals surface area contributed by atoms with E-state index in [9.17, 15) is 14.0 Å². The number of hydrogen-bond donors (Lipinski definition) is 2. The number of nitrogens with two attached hydrogens (primary N) is 1. The Kier molecular flexibility index (Phi) is 5.51. The smallest absolute Gasteiger partial charge is 0.287 e. The van der Waals surface area contributed by atoms with E-state index in [0.29, 0.717) is 18.6 Å². The van der Waals surface area contributed by atoms with Crippen molar-refractivity contribution in [2.24, 2.45) is 11.7 Å². The lowest BCUT2D eigenvalue weighted by molar-refractivity contribution is -0.121. The minimum absolute atomic E-state index is 0.0910. The summed E-state index contributed by atoms with van der Waals surface area (Å²) in [6, 6.07) is 9.15. The first-order valence-corrected chi connectivity index (χ1v) is 7.40. The molecule has 1 aromatic heterocycles. The van der Waals surface area contributed by atoms with Gasteiger partial charge in [-0.1, -0.05) is 19.1 Å². The molecule has 1 atom stereocenters. The molecule has 6 heteroatoms. The Morgan fingerprint density at radius 1 is 1.22 bits per heavy atom. The summed E-state index contributed by atoms with van der Waals surface area (Å²) in [5.74, 6) is -0.926. The maximum atomic E-state index is 12.9. The Balaban J connectivity index is 1.95. The average molecular weight is 318 g/mol. The first-order chi connectivity index (χ1) is 11.0. The third-order valence-corrected chi connectivity index (χ3v) is 3.54. The zero-order valence-corrected chi connectivity index (χ0v) is 12.8. The first kappa shape index (κ1) is 16.7. The molecule has 0 aliphatic carbocycles. The van der Waals surface area contributed by atoms with Crippen molar-refractivity contribution in [2.45, 2.75) is 19.8 Å². The molecule has 0 bridgehead atoms. The lowest BCUT2D eigenvalue weighted by Crippen LogP contribution is -2.37. The van der Waals surface area contributed by atoms with Crippen LogP contribution in [0.5, 0.6) is 0 Å². The lowest BCUT2D eigenvalue weighted by atomic mass is 9.98. The van der Waals surface area contributed by atoms with E-state index < -0.39 is 17.7 Å². The molecular weight excluding hydrogens is 299 g/mol. The number of carbonyl (C=O) groups is 2. The number of carbonyl (C=O) groups excluding carboxylic acids is 2. The molecule has 0 spiro atoms. The van der Waals surface area contributed by atoms with Gasteiger partial charge in [0.1, 0.15) is 11.6 Å². The minimum Gasteiger partial charge on any atom is -0.456 e. The van der Waals surface area contributed by atoms with Gasteiger partial charge in [0.05, 0.1) is 5.92 Å². The van der Waals surface area contributed by atoms with Gasteiger partial charge in [0.2, 0.25) is 5.91 Å². The van der Waals surface area contributed by atoms with Crippen molar-refractivity contribution in [1.82, 2.24) is 5.32 Å². The molecule has 1 aromatic carbocycles. The van der Waals surface area contributed by atoms with Crippen molar-refractivity contribution in [2.75, 3.05) is 6.54 Å². The molecule has 3 N–H and O–H groups in total. The fraction of sp³-hybridized carbons (Fsp3) is 0.294. The van der Waals surface area contributed by atoms with E-state index in [4.69, 9.17) is 10.2 Å². The van der Waals surface area contributed by atoms with Gasteiger partial charge in [0, 0.05) is 13.0 Å². The summed E-state index contributed by atoms with van der Waals surface area (Å²) in [4.78, 5) is 23.5. The van der Waals surface area contributed by atoms with Crippen LogP contribution in [0.3, 0.4) is 0 Å². The van der Waals surface area contributed by atoms with E-state index in [1.807, 2.05) is 6.92 Å². The molecule has 0 fully saturated rings. The normalized spacial score (nSPS) is 11.9. The molecule has 2 rings (SSSR count). The van der Waals surface area contributed by atoms with Gasteiger partial charge in [-0.05, 0) is 36.2 Å². The van der Waals surface area contributed by atoms with Gasteiger partial charge in [-0.3, -0.25) is 9.59 Å². The molecule has 122 valence electrons. The molecule has 0 aliphatic rings. The topological polar surface area (TPSA) is 85.3 Å². The number of nitrogens with one attached hydrogen (secondary N) is 1. The Hall–Kier alpha value is -2.63. The van der Waals surface area contributed by atoms with Crippen molar-refractivity contribution >= 4 is 11.8 Å². The number of furan rings is 1. The number of benzene rings is 1. The number of hydrogen-bond acceptors (Lipinski definition) is 3. The lowest BCUT2D eigenvalue weighted by Gasteiger charge is -2.14. The van der Waals surface area contributed by atoms with Crippen LogP contribution in [0.1, 0.15) is 28.8 Å². The van der Waals surface area contributed by atoms with Crippen LogP contribution in [0.15, 0.2) is 40.8 Å². The molecule has 0 radical (unpaired) electrons. The number of rotatable bonds is 7. The monoisotopic (exact) mass is 318 g/mol. The van der Waals surface area contributed by atoms with Crippen molar-refractivity contribution in [3.63, 3.8) is 0 Å². The largest absolute Gasteiger partial charge is 0.456 e. The maximum absolute atomic E-state index is 12.9. The van der Waals surface area contributed by atoms with E-state index in [1.54, 1.807) is 24.3 Å². The van der Waals surface area contributed by atoms with Crippen LogP contribution >= 0.6 is 0 Å². The summed E-state index contributed by atoms with van der Waals surface area (Å²) in [7, 11) is 0. The molecule has 2 amide bonds. The fourth-order valence-corrected chi connectivity index (χ4v) is 2.17. The maximum Gasteiger partial charge on any atom is 0.287 e. The summed E-state index contributed by atoms with van der Waals surface area (Å²) in [5.41, 5.74) is 6.15. The second-order valence-electron chi connectivity index (χ2n) is 5.26. The SMILES string of the molecule is CCc1ccc(C(=O)NC[C@@H](Cc2ccc(F)cc2)C(N)=O)o1. The van der Waals surface area contributed by atoms with Crippen LogP contribution < -0.4 is 11.1 Å². The summed E-state index contributed by atoms with van der Waals surface area (Å²) in [6.07, 6.45) is 1.02. The average Bonchev–Trinajstić information content (AvgIpc) is 3.01. The minimum atomic E-state index is -0.579. The van der Waals surface area contributed by atoms with Crippen molar-refractivity contribution < 1.29 is 18.4 Å². The van der Waals surface area contributed by atoms with Crippen LogP contribution in [0.2, 0.25) is 0 Å². The van der Waals surface area contributed by atoms with E-state index in [2.05, 4.69) is 5.32 Å². The van der Waals surface area contributed by atoms with Crippen molar-refractivity contribution in [1.29, 1.82) is 0 Å². The van der Waals surface area contributed by atoms with Gasteiger partial charge in [-0.2, -0.15) is 0 Å². The molecule has 5 nitrogen and oxygen atoms in total. The molecule has 1 heterocycles. The van der Waals surface area contributed by atoms with Crippen LogP contribution in [0.25, 0.3) is 0 Å². The Bertz CT molecular complexity index is 679. The number of primary amides is 1. The zero-order valence-electron chi connectivity index (χ0n) is 12.8. The van der Waals surface area contributed by atoms with E-state index in [1.165, 1.54) is 12.1 Å². The van der Waals surface area contributed by atoms with Crippen molar-refractivity contribution in [3.05, 3.63) is 59.3 Å². The van der Waals surface area contributed by atoms with Gasteiger partial charge in [0.15, 0.2) is 5.76 Å². The summed E-state index contributed by atoms with van der Waals surface area (Å²) < 4.78 is 18.2. The zero-order chi connectivity index (χ0) is 16.8. The highest BCUT2D eigenvalue weighted by Gasteiger charge is 2.19. The van der Waals surface area contributed by atoms with Crippen LogP contribution in [0.4, 0.5) is 4.39 Å². The third kappa shape index (κ3) is 4.67. The number of amides is 2. The molecule has 23 heavy (non-hydrogen) atoms. The Labute approximate surface area is 133 Å². The van der Waals surface area contributed by atoms with Gasteiger partial charge in [-0.15, -0.1) is 0 Å². The molecule has 0 saturated carbocycles. The standard InChI is InChI=1S/C17H19FN2O3/c1-2-14-7-8-15(23-14)17(22)20-10-12(16(19)21)9-11-3-5-13(18)6-4-11/h3-8,12H,2,9-10H2,1H3,(H2,19,21)(H,20,22)/t12-/m1/s1. The highest BCUT2D eigenvalue weighted by atomic mass is 19.1. The van der Waals surface area contributed by atoms with Crippen molar-refractivity contribution in [3.8, 4) is 0 Å². The second-order valence-corrected chi connectivity index (χ2v) is 5.26. The van der Waals surface area contributed by atoms with Gasteiger partial charge < -0.3 is 15.5 Å². The predicted octanol–water partition coefficient (Wildman–Crippen LogP) is 2.06. The number of aryl methyl sites for hydroxylation is 1. The van der Waals surface area contributed by atoms with Gasteiger partial charge in [-0.25, -0.2) is 4.39 Å². The summed E-state index contributed by atoms with van der Waals surface area (Å²) in [6.45, 7) is 2.01. The molecule has 2 aromatic rings. The van der Waals surface area contributed by atoms with Crippen LogP contribution in [-0.2, 0) is 17.6 Å².